The van der Waals surface area contributed by atoms with E-state index in [-0.39, 0.29) is 23.7 Å². The molecule has 0 N–H and O–H groups in total. The fraction of sp³-hybridized carbons (Fsp3) is 0.316. The van der Waals surface area contributed by atoms with Crippen molar-refractivity contribution in [2.45, 2.75) is 26.7 Å². The molecular weight excluding hydrogens is 325 g/mol. The number of esters is 2. The number of ether oxygens (including phenoxy) is 2. The summed E-state index contributed by atoms with van der Waals surface area (Å²) in [6.45, 7) is 5.60. The van der Waals surface area contributed by atoms with E-state index in [4.69, 9.17) is 9.47 Å². The summed E-state index contributed by atoms with van der Waals surface area (Å²) in [5.74, 6) is -1.71. The van der Waals surface area contributed by atoms with Crippen LogP contribution in [-0.4, -0.2) is 30.6 Å². The highest BCUT2D eigenvalue weighted by molar-refractivity contribution is 6.02. The topological polar surface area (TPSA) is 65.5 Å². The molecule has 0 bridgehead atoms. The lowest BCUT2D eigenvalue weighted by Gasteiger charge is -2.18. The molecule has 0 fully saturated rings. The summed E-state index contributed by atoms with van der Waals surface area (Å²) in [6.07, 6.45) is 1.38. The van der Waals surface area contributed by atoms with Crippen molar-refractivity contribution >= 4 is 11.9 Å². The van der Waals surface area contributed by atoms with Crippen molar-refractivity contribution < 1.29 is 23.5 Å². The minimum Gasteiger partial charge on any atom is -0.465 e. The SMILES string of the molecule is CCOC(=O)c1c(-c2ccc(F)cc2)ncc(C(=O)OC)c1C(C)C. The molecule has 1 aromatic carbocycles. The number of aromatic nitrogens is 1. The highest BCUT2D eigenvalue weighted by atomic mass is 19.1. The second-order valence-corrected chi connectivity index (χ2v) is 5.68. The van der Waals surface area contributed by atoms with Crippen LogP contribution in [0.3, 0.4) is 0 Å². The van der Waals surface area contributed by atoms with Gasteiger partial charge in [-0.2, -0.15) is 0 Å². The average Bonchev–Trinajstić information content (AvgIpc) is 2.60. The molecule has 0 aliphatic heterocycles. The zero-order valence-corrected chi connectivity index (χ0v) is 14.6. The number of hydrogen-bond acceptors (Lipinski definition) is 5. The number of rotatable bonds is 5. The molecule has 5 nitrogen and oxygen atoms in total. The average molecular weight is 345 g/mol. The van der Waals surface area contributed by atoms with Gasteiger partial charge in [0.05, 0.1) is 30.5 Å². The molecule has 0 unspecified atom stereocenters. The Labute approximate surface area is 145 Å². The second-order valence-electron chi connectivity index (χ2n) is 5.68. The zero-order valence-electron chi connectivity index (χ0n) is 14.6. The third kappa shape index (κ3) is 3.84. The van der Waals surface area contributed by atoms with E-state index in [0.29, 0.717) is 16.8 Å². The number of hydrogen-bond donors (Lipinski definition) is 0. The molecular formula is C19H20FNO4. The van der Waals surface area contributed by atoms with E-state index in [2.05, 4.69) is 4.98 Å². The summed E-state index contributed by atoms with van der Waals surface area (Å²) in [4.78, 5) is 29.0. The minimum atomic E-state index is -0.580. The molecule has 0 atom stereocenters. The first-order valence-electron chi connectivity index (χ1n) is 7.94. The Morgan fingerprint density at radius 2 is 1.80 bits per heavy atom. The molecule has 25 heavy (non-hydrogen) atoms. The van der Waals surface area contributed by atoms with Crippen LogP contribution in [0.2, 0.25) is 0 Å². The van der Waals surface area contributed by atoms with Crippen molar-refractivity contribution in [3.8, 4) is 11.3 Å². The van der Waals surface area contributed by atoms with Gasteiger partial charge in [-0.15, -0.1) is 0 Å². The first-order valence-corrected chi connectivity index (χ1v) is 7.94. The Hall–Kier alpha value is -2.76. The van der Waals surface area contributed by atoms with Crippen LogP contribution < -0.4 is 0 Å². The van der Waals surface area contributed by atoms with Crippen molar-refractivity contribution in [3.63, 3.8) is 0 Å². The van der Waals surface area contributed by atoms with Crippen molar-refractivity contribution in [1.82, 2.24) is 4.98 Å². The van der Waals surface area contributed by atoms with Crippen molar-refractivity contribution in [3.05, 3.63) is 53.0 Å². The molecule has 0 amide bonds. The Morgan fingerprint density at radius 1 is 1.16 bits per heavy atom. The number of halogens is 1. The van der Waals surface area contributed by atoms with Crippen molar-refractivity contribution in [1.29, 1.82) is 0 Å². The van der Waals surface area contributed by atoms with Crippen molar-refractivity contribution in [2.24, 2.45) is 0 Å². The largest absolute Gasteiger partial charge is 0.465 e. The number of methoxy groups -OCH3 is 1. The summed E-state index contributed by atoms with van der Waals surface area (Å²) in [5, 5.41) is 0. The summed E-state index contributed by atoms with van der Waals surface area (Å²) in [7, 11) is 1.27. The monoisotopic (exact) mass is 345 g/mol. The van der Waals surface area contributed by atoms with E-state index in [1.807, 2.05) is 13.8 Å². The molecule has 0 spiro atoms. The number of nitrogens with zero attached hydrogens (tertiary/aromatic N) is 1. The lowest BCUT2D eigenvalue weighted by molar-refractivity contribution is 0.0525. The maximum Gasteiger partial charge on any atom is 0.340 e. The summed E-state index contributed by atoms with van der Waals surface area (Å²) >= 11 is 0. The van der Waals surface area contributed by atoms with Crippen LogP contribution in [0.1, 0.15) is 53.0 Å². The molecule has 0 aliphatic carbocycles. The van der Waals surface area contributed by atoms with Crippen LogP contribution in [-0.2, 0) is 9.47 Å². The van der Waals surface area contributed by atoms with Gasteiger partial charge in [0.1, 0.15) is 5.82 Å². The van der Waals surface area contributed by atoms with Crippen LogP contribution in [0.15, 0.2) is 30.5 Å². The molecule has 132 valence electrons. The first-order chi connectivity index (χ1) is 11.9. The molecule has 1 aromatic heterocycles. The molecule has 1 heterocycles. The van der Waals surface area contributed by atoms with Crippen LogP contribution in [0, 0.1) is 5.82 Å². The van der Waals surface area contributed by atoms with E-state index < -0.39 is 17.8 Å². The van der Waals surface area contributed by atoms with Crippen LogP contribution in [0.4, 0.5) is 4.39 Å². The molecule has 6 heteroatoms. The molecule has 2 aromatic rings. The first kappa shape index (κ1) is 18.6. The van der Waals surface area contributed by atoms with Gasteiger partial charge in [-0.05, 0) is 42.7 Å². The van der Waals surface area contributed by atoms with Gasteiger partial charge in [-0.1, -0.05) is 13.8 Å². The van der Waals surface area contributed by atoms with Crippen LogP contribution in [0.25, 0.3) is 11.3 Å². The Bertz CT molecular complexity index is 785. The Morgan fingerprint density at radius 3 is 2.32 bits per heavy atom. The Kier molecular flexibility index (Phi) is 5.85. The van der Waals surface area contributed by atoms with Gasteiger partial charge < -0.3 is 9.47 Å². The molecule has 0 radical (unpaired) electrons. The Balaban J connectivity index is 2.79. The number of benzene rings is 1. The highest BCUT2D eigenvalue weighted by Gasteiger charge is 2.27. The third-order valence-electron chi connectivity index (χ3n) is 3.70. The predicted molar refractivity (Wildman–Crippen MR) is 91.0 cm³/mol. The molecule has 2 rings (SSSR count). The van der Waals surface area contributed by atoms with Gasteiger partial charge in [0, 0.05) is 11.8 Å². The van der Waals surface area contributed by atoms with E-state index in [0.717, 1.165) is 0 Å². The van der Waals surface area contributed by atoms with Gasteiger partial charge in [0.2, 0.25) is 0 Å². The number of carbonyl (C=O) groups excluding carboxylic acids is 2. The lowest BCUT2D eigenvalue weighted by Crippen LogP contribution is -2.17. The predicted octanol–water partition coefficient (Wildman–Crippen LogP) is 3.97. The standard InChI is InChI=1S/C19H20FNO4/c1-5-25-19(23)16-15(11(2)3)14(18(22)24-4)10-21-17(16)12-6-8-13(20)9-7-12/h6-11H,5H2,1-4H3. The fourth-order valence-electron chi connectivity index (χ4n) is 2.63. The van der Waals surface area contributed by atoms with Crippen molar-refractivity contribution in [2.75, 3.05) is 13.7 Å². The minimum absolute atomic E-state index is 0.157. The van der Waals surface area contributed by atoms with Gasteiger partial charge >= 0.3 is 11.9 Å². The maximum absolute atomic E-state index is 13.2. The number of carbonyl (C=O) groups is 2. The van der Waals surface area contributed by atoms with E-state index in [1.165, 1.54) is 37.6 Å². The fourth-order valence-corrected chi connectivity index (χ4v) is 2.63. The highest BCUT2D eigenvalue weighted by Crippen LogP contribution is 2.32. The second kappa shape index (κ2) is 7.88. The van der Waals surface area contributed by atoms with Gasteiger partial charge in [-0.25, -0.2) is 14.0 Å². The lowest BCUT2D eigenvalue weighted by atomic mass is 9.90. The van der Waals surface area contributed by atoms with Crippen LogP contribution in [0.5, 0.6) is 0 Å². The molecule has 0 saturated heterocycles. The van der Waals surface area contributed by atoms with E-state index in [9.17, 15) is 14.0 Å². The van der Waals surface area contributed by atoms with Gasteiger partial charge in [0.15, 0.2) is 0 Å². The third-order valence-corrected chi connectivity index (χ3v) is 3.70. The number of pyridine rings is 1. The van der Waals surface area contributed by atoms with E-state index >= 15 is 0 Å². The summed E-state index contributed by atoms with van der Waals surface area (Å²) in [5.41, 5.74) is 1.81. The smallest absolute Gasteiger partial charge is 0.340 e. The maximum atomic E-state index is 13.2. The molecule has 0 aliphatic rings. The molecule has 0 saturated carbocycles. The van der Waals surface area contributed by atoms with E-state index in [1.54, 1.807) is 6.92 Å². The van der Waals surface area contributed by atoms with Gasteiger partial charge in [-0.3, -0.25) is 4.98 Å². The van der Waals surface area contributed by atoms with Gasteiger partial charge in [0.25, 0.3) is 0 Å². The normalized spacial score (nSPS) is 10.6. The summed E-state index contributed by atoms with van der Waals surface area (Å²) < 4.78 is 23.2. The quantitative estimate of drug-likeness (QED) is 0.767. The van der Waals surface area contributed by atoms with Crippen LogP contribution >= 0.6 is 0 Å². The summed E-state index contributed by atoms with van der Waals surface area (Å²) in [6, 6.07) is 5.63. The zero-order chi connectivity index (χ0) is 18.6.